The van der Waals surface area contributed by atoms with Gasteiger partial charge in [-0.25, -0.2) is 0 Å². The lowest BCUT2D eigenvalue weighted by atomic mass is 11.2. The van der Waals surface area contributed by atoms with Gasteiger partial charge in [0.2, 0.25) is 0 Å². The van der Waals surface area contributed by atoms with Gasteiger partial charge in [0.05, 0.1) is 7.11 Å². The Morgan fingerprint density at radius 3 is 2.14 bits per heavy atom. The highest BCUT2D eigenvalue weighted by Gasteiger charge is 1.81. The Hall–Kier alpha value is -0.160. The quantitative estimate of drug-likeness (QED) is 0.494. The summed E-state index contributed by atoms with van der Waals surface area (Å²) >= 11 is 0. The van der Waals surface area contributed by atoms with Gasteiger partial charge in [-0.1, -0.05) is 5.64 Å². The van der Waals surface area contributed by atoms with Crippen molar-refractivity contribution in [2.24, 2.45) is 0 Å². The molecule has 0 atom stereocenters. The molecule has 0 aliphatic rings. The molecule has 0 fully saturated rings. The van der Waals surface area contributed by atoms with Crippen molar-refractivity contribution < 1.29 is 9.78 Å². The molecule has 44 valence electrons. The number of hydroxylamine groups is 2. The lowest BCUT2D eigenvalue weighted by Gasteiger charge is -2.06. The average molecular weight is 106 g/mol. The second kappa shape index (κ2) is 4.01. The van der Waals surface area contributed by atoms with Crippen LogP contribution in [0.2, 0.25) is 0 Å². The van der Waals surface area contributed by atoms with E-state index in [-0.39, 0.29) is 0 Å². The van der Waals surface area contributed by atoms with Gasteiger partial charge >= 0.3 is 0 Å². The van der Waals surface area contributed by atoms with Crippen LogP contribution >= 0.6 is 0 Å². The monoisotopic (exact) mass is 106 g/mol. The maximum Gasteiger partial charge on any atom is 0.0599 e. The van der Waals surface area contributed by atoms with E-state index in [4.69, 9.17) is 0 Å². The molecule has 7 heavy (non-hydrogen) atoms. The molecule has 0 unspecified atom stereocenters. The summed E-state index contributed by atoms with van der Waals surface area (Å²) in [5, 5.41) is 1.48. The zero-order valence-electron chi connectivity index (χ0n) is 4.76. The molecule has 0 saturated heterocycles. The van der Waals surface area contributed by atoms with Crippen LogP contribution in [0, 0.1) is 0 Å². The van der Waals surface area contributed by atoms with Crippen LogP contribution in [0.1, 0.15) is 0 Å². The van der Waals surface area contributed by atoms with Crippen molar-refractivity contribution in [2.75, 3.05) is 21.2 Å². The first-order valence-electron chi connectivity index (χ1n) is 1.89. The van der Waals surface area contributed by atoms with Crippen molar-refractivity contribution in [3.63, 3.8) is 0 Å². The van der Waals surface area contributed by atoms with E-state index in [0.717, 1.165) is 0 Å². The smallest absolute Gasteiger partial charge is 0.0599 e. The van der Waals surface area contributed by atoms with E-state index in [1.807, 2.05) is 0 Å². The van der Waals surface area contributed by atoms with Gasteiger partial charge in [0, 0.05) is 14.1 Å². The molecule has 0 bridgehead atoms. The van der Waals surface area contributed by atoms with Crippen LogP contribution in [0.5, 0.6) is 0 Å². The molecule has 0 radical (unpaired) electrons. The van der Waals surface area contributed by atoms with E-state index in [1.54, 1.807) is 14.1 Å². The largest absolute Gasteiger partial charge is 0.279 e. The zero-order valence-corrected chi connectivity index (χ0v) is 4.76. The summed E-state index contributed by atoms with van der Waals surface area (Å²) in [6.45, 7) is 0. The van der Waals surface area contributed by atoms with E-state index >= 15 is 0 Å². The summed E-state index contributed by atoms with van der Waals surface area (Å²) < 4.78 is 0. The lowest BCUT2D eigenvalue weighted by molar-refractivity contribution is -0.276. The predicted octanol–water partition coefficient (Wildman–Crippen LogP) is -0.454. The molecule has 4 nitrogen and oxygen atoms in total. The van der Waals surface area contributed by atoms with Crippen LogP contribution in [0.25, 0.3) is 0 Å². The fourth-order valence-electron chi connectivity index (χ4n) is 0.112. The third-order valence-corrected chi connectivity index (χ3v) is 0.303. The van der Waals surface area contributed by atoms with Gasteiger partial charge < -0.3 is 0 Å². The molecular weight excluding hydrogens is 96.0 g/mol. The van der Waals surface area contributed by atoms with Crippen molar-refractivity contribution in [2.45, 2.75) is 0 Å². The molecule has 0 aromatic carbocycles. The molecule has 0 heterocycles. The fraction of sp³-hybridized carbons (Fsp3) is 1.00. The molecule has 0 amide bonds. The van der Waals surface area contributed by atoms with Gasteiger partial charge in [-0.2, -0.15) is 10.0 Å². The molecule has 0 aromatic heterocycles. The van der Waals surface area contributed by atoms with Gasteiger partial charge in [-0.05, 0) is 0 Å². The van der Waals surface area contributed by atoms with Crippen LogP contribution in [-0.2, 0) is 9.78 Å². The zero-order chi connectivity index (χ0) is 5.70. The van der Waals surface area contributed by atoms with Crippen LogP contribution in [0.15, 0.2) is 0 Å². The van der Waals surface area contributed by atoms with Crippen molar-refractivity contribution >= 4 is 0 Å². The number of hydrogen-bond donors (Lipinski definition) is 1. The van der Waals surface area contributed by atoms with Crippen LogP contribution in [0.4, 0.5) is 0 Å². The van der Waals surface area contributed by atoms with E-state index in [0.29, 0.717) is 0 Å². The maximum absolute atomic E-state index is 4.55. The van der Waals surface area contributed by atoms with Crippen LogP contribution in [0.3, 0.4) is 0 Å². The molecule has 0 spiro atoms. The average Bonchev–Trinajstić information content (AvgIpc) is 1.61. The first kappa shape index (κ1) is 6.84. The molecular formula is C3H10N2O2. The van der Waals surface area contributed by atoms with Gasteiger partial charge in [0.1, 0.15) is 0 Å². The van der Waals surface area contributed by atoms with Crippen molar-refractivity contribution in [3.05, 3.63) is 0 Å². The fourth-order valence-corrected chi connectivity index (χ4v) is 0.112. The molecule has 0 rings (SSSR count). The Kier molecular flexibility index (Phi) is 3.92. The Morgan fingerprint density at radius 2 is 2.00 bits per heavy atom. The number of nitrogens with zero attached hydrogens (tertiary/aromatic N) is 1. The lowest BCUT2D eigenvalue weighted by Crippen LogP contribution is -2.23. The maximum atomic E-state index is 4.55. The van der Waals surface area contributed by atoms with E-state index in [1.165, 1.54) is 12.2 Å². The SMILES string of the molecule is CONON(C)C. The number of nitrogens with one attached hydrogen (secondary N) is 1. The van der Waals surface area contributed by atoms with Crippen molar-refractivity contribution in [1.29, 1.82) is 0 Å². The Morgan fingerprint density at radius 1 is 1.43 bits per heavy atom. The second-order valence-corrected chi connectivity index (χ2v) is 1.19. The standard InChI is InChI=1S/C3H10N2O2/c1-5(2)7-4-6-3/h4H,1-3H3. The van der Waals surface area contributed by atoms with Crippen LogP contribution < -0.4 is 5.64 Å². The highest BCUT2D eigenvalue weighted by molar-refractivity contribution is 3.97. The number of hydrogen-bond acceptors (Lipinski definition) is 4. The van der Waals surface area contributed by atoms with Gasteiger partial charge in [0.25, 0.3) is 0 Å². The Bertz CT molecular complexity index is 39.9. The first-order valence-corrected chi connectivity index (χ1v) is 1.89. The van der Waals surface area contributed by atoms with Crippen LogP contribution in [-0.4, -0.2) is 26.3 Å². The highest BCUT2D eigenvalue weighted by Crippen LogP contribution is 1.67. The third kappa shape index (κ3) is 5.84. The van der Waals surface area contributed by atoms with E-state index in [9.17, 15) is 0 Å². The predicted molar refractivity (Wildman–Crippen MR) is 24.9 cm³/mol. The first-order chi connectivity index (χ1) is 3.27. The molecule has 0 saturated carbocycles. The topological polar surface area (TPSA) is 33.7 Å². The summed E-state index contributed by atoms with van der Waals surface area (Å²) in [7, 11) is 4.96. The molecule has 0 aromatic rings. The minimum atomic E-state index is 1.48. The molecule has 1 N–H and O–H groups in total. The third-order valence-electron chi connectivity index (χ3n) is 0.303. The minimum absolute atomic E-state index is 1.48. The summed E-state index contributed by atoms with van der Waals surface area (Å²) in [6.07, 6.45) is 0. The summed E-state index contributed by atoms with van der Waals surface area (Å²) in [4.78, 5) is 8.89. The van der Waals surface area contributed by atoms with Gasteiger partial charge in [0.15, 0.2) is 0 Å². The van der Waals surface area contributed by atoms with Crippen molar-refractivity contribution in [1.82, 2.24) is 10.7 Å². The summed E-state index contributed by atoms with van der Waals surface area (Å²) in [6, 6.07) is 0. The second-order valence-electron chi connectivity index (χ2n) is 1.19. The van der Waals surface area contributed by atoms with Gasteiger partial charge in [-0.3, -0.25) is 4.84 Å². The molecule has 0 aliphatic carbocycles. The molecule has 4 heteroatoms. The van der Waals surface area contributed by atoms with E-state index < -0.39 is 0 Å². The highest BCUT2D eigenvalue weighted by atomic mass is 17.0. The van der Waals surface area contributed by atoms with Gasteiger partial charge in [-0.15, -0.1) is 0 Å². The summed E-state index contributed by atoms with van der Waals surface area (Å²) in [5.41, 5.74) is 2.17. The minimum Gasteiger partial charge on any atom is -0.279 e. The normalized spacial score (nSPS) is 10.3. The number of rotatable bonds is 3. The summed E-state index contributed by atoms with van der Waals surface area (Å²) in [5.74, 6) is 0. The van der Waals surface area contributed by atoms with E-state index in [2.05, 4.69) is 15.4 Å². The molecule has 0 aliphatic heterocycles. The van der Waals surface area contributed by atoms with Crippen molar-refractivity contribution in [3.8, 4) is 0 Å². The Balaban J connectivity index is 2.68. The Labute approximate surface area is 42.9 Å².